The number of anilines is 1. The molecule has 1 fully saturated rings. The maximum Gasteiger partial charge on any atom is 0.225 e. The van der Waals surface area contributed by atoms with Crippen LogP contribution in [0, 0.1) is 12.3 Å². The van der Waals surface area contributed by atoms with Crippen molar-refractivity contribution in [2.24, 2.45) is 11.1 Å². The second kappa shape index (κ2) is 4.84. The number of nitrogens with zero attached hydrogens (tertiary/aromatic N) is 1. The third-order valence-corrected chi connectivity index (χ3v) is 3.54. The van der Waals surface area contributed by atoms with Gasteiger partial charge in [-0.1, -0.05) is 6.42 Å². The summed E-state index contributed by atoms with van der Waals surface area (Å²) in [5, 5.41) is 2.88. The fourth-order valence-electron chi connectivity index (χ4n) is 2.30. The molecule has 1 aliphatic carbocycles. The average Bonchev–Trinajstić information content (AvgIpc) is 2.23. The maximum absolute atomic E-state index is 11.9. The number of hydrogen-bond acceptors (Lipinski definition) is 3. The molecule has 3 N–H and O–H groups in total. The van der Waals surface area contributed by atoms with E-state index in [-0.39, 0.29) is 11.3 Å². The van der Waals surface area contributed by atoms with Gasteiger partial charge in [-0.05, 0) is 43.4 Å². The van der Waals surface area contributed by atoms with Crippen molar-refractivity contribution < 1.29 is 4.79 Å². The van der Waals surface area contributed by atoms with Crippen LogP contribution >= 0.6 is 0 Å². The summed E-state index contributed by atoms with van der Waals surface area (Å²) < 4.78 is 0. The second-order valence-electron chi connectivity index (χ2n) is 5.03. The highest BCUT2D eigenvalue weighted by atomic mass is 16.1. The molecule has 0 unspecified atom stereocenters. The Balaban J connectivity index is 1.93. The molecule has 1 saturated carbocycles. The van der Waals surface area contributed by atoms with Crippen molar-refractivity contribution in [1.82, 2.24) is 4.98 Å². The summed E-state index contributed by atoms with van der Waals surface area (Å²) in [6.07, 6.45) is 7.30. The van der Waals surface area contributed by atoms with Crippen LogP contribution in [-0.2, 0) is 4.79 Å². The van der Waals surface area contributed by atoms with Crippen molar-refractivity contribution in [2.75, 3.05) is 11.9 Å². The predicted octanol–water partition coefficient (Wildman–Crippen LogP) is 1.85. The van der Waals surface area contributed by atoms with Crippen LogP contribution in [0.15, 0.2) is 18.5 Å². The van der Waals surface area contributed by atoms with E-state index >= 15 is 0 Å². The first-order chi connectivity index (χ1) is 8.13. The van der Waals surface area contributed by atoms with Gasteiger partial charge in [-0.25, -0.2) is 0 Å². The number of nitrogens with one attached hydrogen (secondary N) is 1. The summed E-state index contributed by atoms with van der Waals surface area (Å²) in [6, 6.07) is 1.92. The number of rotatable bonds is 4. The summed E-state index contributed by atoms with van der Waals surface area (Å²) in [5.74, 6) is 0.0440. The molecule has 1 aliphatic rings. The van der Waals surface area contributed by atoms with Crippen LogP contribution in [0.3, 0.4) is 0 Å². The van der Waals surface area contributed by atoms with Crippen molar-refractivity contribution in [1.29, 1.82) is 0 Å². The summed E-state index contributed by atoms with van der Waals surface area (Å²) in [5.41, 5.74) is 7.61. The smallest absolute Gasteiger partial charge is 0.225 e. The van der Waals surface area contributed by atoms with Crippen LogP contribution < -0.4 is 11.1 Å². The Hall–Kier alpha value is -1.42. The van der Waals surface area contributed by atoms with Gasteiger partial charge in [0, 0.05) is 12.6 Å². The normalized spacial score (nSPS) is 17.3. The lowest BCUT2D eigenvalue weighted by Crippen LogP contribution is -2.40. The maximum atomic E-state index is 11.9. The van der Waals surface area contributed by atoms with Crippen LogP contribution in [0.5, 0.6) is 0 Å². The largest absolute Gasteiger partial charge is 0.330 e. The Morgan fingerprint density at radius 3 is 2.82 bits per heavy atom. The number of amides is 1. The average molecular weight is 233 g/mol. The highest BCUT2D eigenvalue weighted by molar-refractivity contribution is 5.91. The fourth-order valence-corrected chi connectivity index (χ4v) is 2.30. The van der Waals surface area contributed by atoms with Crippen molar-refractivity contribution >= 4 is 11.6 Å². The first kappa shape index (κ1) is 12.0. The Kier molecular flexibility index (Phi) is 3.43. The highest BCUT2D eigenvalue weighted by Crippen LogP contribution is 2.42. The van der Waals surface area contributed by atoms with Crippen molar-refractivity contribution in [3.63, 3.8) is 0 Å². The molecule has 4 nitrogen and oxygen atoms in total. The third-order valence-electron chi connectivity index (χ3n) is 3.54. The molecule has 0 spiro atoms. The molecule has 4 heteroatoms. The summed E-state index contributed by atoms with van der Waals surface area (Å²) in [7, 11) is 0. The SMILES string of the molecule is Cc1cncc(NC(=O)CC2(CN)CCC2)c1. The molecule has 1 aromatic rings. The van der Waals surface area contributed by atoms with Gasteiger partial charge in [-0.3, -0.25) is 9.78 Å². The van der Waals surface area contributed by atoms with E-state index < -0.39 is 0 Å². The van der Waals surface area contributed by atoms with Crippen LogP contribution in [0.25, 0.3) is 0 Å². The number of carbonyl (C=O) groups is 1. The van der Waals surface area contributed by atoms with Crippen LogP contribution in [0.1, 0.15) is 31.2 Å². The lowest BCUT2D eigenvalue weighted by molar-refractivity contribution is -0.119. The van der Waals surface area contributed by atoms with E-state index in [4.69, 9.17) is 5.73 Å². The van der Waals surface area contributed by atoms with Gasteiger partial charge in [0.25, 0.3) is 0 Å². The van der Waals surface area contributed by atoms with Crippen molar-refractivity contribution in [3.8, 4) is 0 Å². The summed E-state index contributed by atoms with van der Waals surface area (Å²) in [6.45, 7) is 2.56. The number of hydrogen-bond donors (Lipinski definition) is 2. The molecule has 1 aromatic heterocycles. The van der Waals surface area contributed by atoms with Gasteiger partial charge >= 0.3 is 0 Å². The van der Waals surface area contributed by atoms with Gasteiger partial charge in [0.15, 0.2) is 0 Å². The zero-order valence-corrected chi connectivity index (χ0v) is 10.2. The molecule has 17 heavy (non-hydrogen) atoms. The molecule has 0 aliphatic heterocycles. The van der Waals surface area contributed by atoms with Crippen molar-refractivity contribution in [3.05, 3.63) is 24.0 Å². The first-order valence-electron chi connectivity index (χ1n) is 6.05. The molecule has 0 saturated heterocycles. The third kappa shape index (κ3) is 2.82. The first-order valence-corrected chi connectivity index (χ1v) is 6.05. The van der Waals surface area contributed by atoms with Gasteiger partial charge in [0.2, 0.25) is 5.91 Å². The molecule has 1 amide bonds. The molecular weight excluding hydrogens is 214 g/mol. The monoisotopic (exact) mass is 233 g/mol. The van der Waals surface area contributed by atoms with E-state index in [0.29, 0.717) is 13.0 Å². The highest BCUT2D eigenvalue weighted by Gasteiger charge is 2.37. The Morgan fingerprint density at radius 2 is 2.29 bits per heavy atom. The molecule has 0 atom stereocenters. The van der Waals surface area contributed by atoms with Gasteiger partial charge < -0.3 is 11.1 Å². The Morgan fingerprint density at radius 1 is 1.53 bits per heavy atom. The van der Waals surface area contributed by atoms with E-state index in [9.17, 15) is 4.79 Å². The van der Waals surface area contributed by atoms with E-state index in [1.54, 1.807) is 12.4 Å². The molecule has 0 radical (unpaired) electrons. The lowest BCUT2D eigenvalue weighted by Gasteiger charge is -2.40. The fraction of sp³-hybridized carbons (Fsp3) is 0.538. The minimum Gasteiger partial charge on any atom is -0.330 e. The van der Waals surface area contributed by atoms with Crippen molar-refractivity contribution in [2.45, 2.75) is 32.6 Å². The quantitative estimate of drug-likeness (QED) is 0.834. The molecule has 0 bridgehead atoms. The Bertz CT molecular complexity index is 407. The molecule has 2 rings (SSSR count). The number of nitrogens with two attached hydrogens (primary N) is 1. The molecule has 92 valence electrons. The second-order valence-corrected chi connectivity index (χ2v) is 5.03. The minimum absolute atomic E-state index is 0.0440. The standard InChI is InChI=1S/C13H19N3O/c1-10-5-11(8-15-7-10)16-12(17)6-13(9-14)3-2-4-13/h5,7-8H,2-4,6,9,14H2,1H3,(H,16,17). The van der Waals surface area contributed by atoms with E-state index in [1.165, 1.54) is 6.42 Å². The van der Waals surface area contributed by atoms with Crippen LogP contribution in [-0.4, -0.2) is 17.4 Å². The zero-order valence-electron chi connectivity index (χ0n) is 10.2. The summed E-state index contributed by atoms with van der Waals surface area (Å²) >= 11 is 0. The topological polar surface area (TPSA) is 68.0 Å². The number of pyridine rings is 1. The Labute approximate surface area is 102 Å². The van der Waals surface area contributed by atoms with Gasteiger partial charge in [-0.15, -0.1) is 0 Å². The minimum atomic E-state index is 0.0440. The predicted molar refractivity (Wildman–Crippen MR) is 67.6 cm³/mol. The van der Waals surface area contributed by atoms with Crippen LogP contribution in [0.4, 0.5) is 5.69 Å². The van der Waals surface area contributed by atoms with E-state index in [0.717, 1.165) is 24.1 Å². The van der Waals surface area contributed by atoms with Crippen LogP contribution in [0.2, 0.25) is 0 Å². The van der Waals surface area contributed by atoms with E-state index in [2.05, 4.69) is 10.3 Å². The summed E-state index contributed by atoms with van der Waals surface area (Å²) in [4.78, 5) is 15.9. The number of aryl methyl sites for hydroxylation is 1. The molecule has 1 heterocycles. The van der Waals surface area contributed by atoms with E-state index in [1.807, 2.05) is 13.0 Å². The van der Waals surface area contributed by atoms with Gasteiger partial charge in [-0.2, -0.15) is 0 Å². The number of carbonyl (C=O) groups excluding carboxylic acids is 1. The molecule has 0 aromatic carbocycles. The number of aromatic nitrogens is 1. The van der Waals surface area contributed by atoms with Gasteiger partial charge in [0.1, 0.15) is 0 Å². The molecular formula is C13H19N3O. The lowest BCUT2D eigenvalue weighted by atomic mass is 9.66. The van der Waals surface area contributed by atoms with Gasteiger partial charge in [0.05, 0.1) is 11.9 Å². The zero-order chi connectivity index (χ0) is 12.3.